The van der Waals surface area contributed by atoms with Gasteiger partial charge in [-0.15, -0.1) is 0 Å². The lowest BCUT2D eigenvalue weighted by Crippen LogP contribution is -1.85. The molecular weight excluding hydrogens is 256 g/mol. The molecule has 0 saturated heterocycles. The third-order valence-corrected chi connectivity index (χ3v) is 5.69. The Morgan fingerprint density at radius 2 is 0.889 bits per heavy atom. The highest BCUT2D eigenvalue weighted by atomic mass is 32.2. The lowest BCUT2D eigenvalue weighted by Gasteiger charge is -2.03. The van der Waals surface area contributed by atoms with Crippen molar-refractivity contribution in [2.75, 3.05) is 16.6 Å². The molecule has 0 N–H and O–H groups in total. The molecule has 18 heavy (non-hydrogen) atoms. The third-order valence-electron chi connectivity index (χ3n) is 3.20. The predicted octanol–water partition coefficient (Wildman–Crippen LogP) is 6.74. The minimum absolute atomic E-state index is 1.32. The largest absolute Gasteiger partial charge is 0.151 e. The molecule has 0 unspecified atom stereocenters. The Labute approximate surface area is 124 Å². The van der Waals surface area contributed by atoms with Gasteiger partial charge in [-0.25, -0.2) is 0 Å². The average molecular weight is 291 g/mol. The molecular formula is C16H34S2. The molecule has 0 atom stereocenters. The van der Waals surface area contributed by atoms with Crippen LogP contribution >= 0.6 is 23.5 Å². The maximum atomic E-state index is 2.29. The van der Waals surface area contributed by atoms with Crippen molar-refractivity contribution in [3.05, 3.63) is 0 Å². The summed E-state index contributed by atoms with van der Waals surface area (Å²) in [5.41, 5.74) is 0. The zero-order valence-electron chi connectivity index (χ0n) is 12.7. The monoisotopic (exact) mass is 290 g/mol. The fourth-order valence-corrected chi connectivity index (χ4v) is 4.20. The molecule has 0 amide bonds. The quantitative estimate of drug-likeness (QED) is 0.242. The van der Waals surface area contributed by atoms with Crippen LogP contribution in [0.3, 0.4) is 0 Å². The standard InChI is InChI=1S/C16H34S2/c1-3-5-7-8-9-10-11-13-15-18-16-17-14-12-6-4-2/h3-16H2,1-2H3. The fourth-order valence-electron chi connectivity index (χ4n) is 1.97. The summed E-state index contributed by atoms with van der Waals surface area (Å²) in [6.45, 7) is 4.57. The van der Waals surface area contributed by atoms with E-state index in [-0.39, 0.29) is 0 Å². The first-order valence-corrected chi connectivity index (χ1v) is 10.4. The Balaban J connectivity index is 2.86. The Kier molecular flexibility index (Phi) is 18.4. The highest BCUT2D eigenvalue weighted by Gasteiger charge is 1.93. The first kappa shape index (κ1) is 18.7. The highest BCUT2D eigenvalue weighted by molar-refractivity contribution is 8.15. The van der Waals surface area contributed by atoms with Crippen molar-refractivity contribution in [2.45, 2.75) is 84.5 Å². The van der Waals surface area contributed by atoms with Gasteiger partial charge in [0.15, 0.2) is 0 Å². The number of hydrogen-bond donors (Lipinski definition) is 0. The molecule has 0 aliphatic rings. The van der Waals surface area contributed by atoms with Gasteiger partial charge in [0.2, 0.25) is 0 Å². The second kappa shape index (κ2) is 17.7. The fraction of sp³-hybridized carbons (Fsp3) is 1.00. The minimum atomic E-state index is 1.32. The van der Waals surface area contributed by atoms with Crippen molar-refractivity contribution in [1.29, 1.82) is 0 Å². The second-order valence-electron chi connectivity index (χ2n) is 5.12. The van der Waals surface area contributed by atoms with Crippen molar-refractivity contribution in [1.82, 2.24) is 0 Å². The van der Waals surface area contributed by atoms with Crippen LogP contribution in [0, 0.1) is 0 Å². The maximum absolute atomic E-state index is 2.29. The van der Waals surface area contributed by atoms with Crippen LogP contribution in [0.4, 0.5) is 0 Å². The van der Waals surface area contributed by atoms with Gasteiger partial charge < -0.3 is 0 Å². The lowest BCUT2D eigenvalue weighted by atomic mass is 10.1. The van der Waals surface area contributed by atoms with Gasteiger partial charge in [-0.05, 0) is 24.3 Å². The van der Waals surface area contributed by atoms with Gasteiger partial charge in [-0.1, -0.05) is 71.6 Å². The normalized spacial score (nSPS) is 11.0. The molecule has 0 aromatic carbocycles. The molecule has 0 aromatic heterocycles. The van der Waals surface area contributed by atoms with Gasteiger partial charge in [0, 0.05) is 5.08 Å². The molecule has 0 heterocycles. The number of rotatable bonds is 15. The average Bonchev–Trinajstić information content (AvgIpc) is 2.39. The molecule has 2 heteroatoms. The summed E-state index contributed by atoms with van der Waals surface area (Å²) >= 11 is 4.28. The second-order valence-corrected chi connectivity index (χ2v) is 7.69. The van der Waals surface area contributed by atoms with Gasteiger partial charge in [0.05, 0.1) is 0 Å². The van der Waals surface area contributed by atoms with Crippen LogP contribution in [0.15, 0.2) is 0 Å². The van der Waals surface area contributed by atoms with E-state index in [0.717, 1.165) is 0 Å². The van der Waals surface area contributed by atoms with E-state index >= 15 is 0 Å². The summed E-state index contributed by atoms with van der Waals surface area (Å²) < 4.78 is 0. The summed E-state index contributed by atoms with van der Waals surface area (Å²) in [5, 5.41) is 1.32. The van der Waals surface area contributed by atoms with Crippen molar-refractivity contribution < 1.29 is 0 Å². The number of hydrogen-bond acceptors (Lipinski definition) is 2. The van der Waals surface area contributed by atoms with Crippen molar-refractivity contribution in [3.8, 4) is 0 Å². The lowest BCUT2D eigenvalue weighted by molar-refractivity contribution is 0.586. The van der Waals surface area contributed by atoms with Gasteiger partial charge in [0.25, 0.3) is 0 Å². The van der Waals surface area contributed by atoms with E-state index in [9.17, 15) is 0 Å². The van der Waals surface area contributed by atoms with Crippen LogP contribution in [0.5, 0.6) is 0 Å². The number of unbranched alkanes of at least 4 members (excludes halogenated alkanes) is 9. The van der Waals surface area contributed by atoms with Gasteiger partial charge in [-0.3, -0.25) is 0 Å². The first-order valence-electron chi connectivity index (χ1n) is 8.07. The summed E-state index contributed by atoms with van der Waals surface area (Å²) in [6.07, 6.45) is 15.7. The smallest absolute Gasteiger partial charge is 0.0392 e. The molecule has 0 bridgehead atoms. The zero-order chi connectivity index (χ0) is 13.3. The third kappa shape index (κ3) is 16.7. The van der Waals surface area contributed by atoms with Gasteiger partial charge >= 0.3 is 0 Å². The molecule has 0 aromatic rings. The van der Waals surface area contributed by atoms with Crippen molar-refractivity contribution >= 4 is 23.5 Å². The maximum Gasteiger partial charge on any atom is 0.0392 e. The molecule has 0 spiro atoms. The minimum Gasteiger partial charge on any atom is -0.151 e. The van der Waals surface area contributed by atoms with E-state index in [4.69, 9.17) is 0 Å². The van der Waals surface area contributed by atoms with E-state index in [0.29, 0.717) is 0 Å². The van der Waals surface area contributed by atoms with E-state index in [1.165, 1.54) is 87.2 Å². The van der Waals surface area contributed by atoms with Gasteiger partial charge in [0.1, 0.15) is 0 Å². The summed E-state index contributed by atoms with van der Waals surface area (Å²) in [7, 11) is 0. The van der Waals surface area contributed by atoms with E-state index in [1.807, 2.05) is 0 Å². The van der Waals surface area contributed by atoms with E-state index in [1.54, 1.807) is 0 Å². The molecule has 0 rings (SSSR count). The van der Waals surface area contributed by atoms with Crippen LogP contribution in [0.1, 0.15) is 84.5 Å². The molecule has 0 aliphatic carbocycles. The zero-order valence-corrected chi connectivity index (χ0v) is 14.3. The summed E-state index contributed by atoms with van der Waals surface area (Å²) in [6, 6.07) is 0. The Hall–Kier alpha value is 0.700. The Morgan fingerprint density at radius 1 is 0.500 bits per heavy atom. The van der Waals surface area contributed by atoms with Crippen molar-refractivity contribution in [3.63, 3.8) is 0 Å². The molecule has 0 fully saturated rings. The van der Waals surface area contributed by atoms with Crippen LogP contribution in [0.2, 0.25) is 0 Å². The van der Waals surface area contributed by atoms with Crippen LogP contribution in [0.25, 0.3) is 0 Å². The van der Waals surface area contributed by atoms with E-state index < -0.39 is 0 Å². The SMILES string of the molecule is CCCCCCCCCCSCSCCCCC. The molecule has 0 nitrogen and oxygen atoms in total. The molecule has 110 valence electrons. The Morgan fingerprint density at radius 3 is 1.44 bits per heavy atom. The van der Waals surface area contributed by atoms with E-state index in [2.05, 4.69) is 37.4 Å². The topological polar surface area (TPSA) is 0 Å². The Bertz CT molecular complexity index is 121. The van der Waals surface area contributed by atoms with Crippen molar-refractivity contribution in [2.24, 2.45) is 0 Å². The van der Waals surface area contributed by atoms with Gasteiger partial charge in [-0.2, -0.15) is 23.5 Å². The summed E-state index contributed by atoms with van der Waals surface area (Å²) in [5.74, 6) is 2.76. The van der Waals surface area contributed by atoms with Crippen LogP contribution in [-0.2, 0) is 0 Å². The number of thioether (sulfide) groups is 2. The molecule has 0 aliphatic heterocycles. The molecule has 0 radical (unpaired) electrons. The van der Waals surface area contributed by atoms with Crippen LogP contribution < -0.4 is 0 Å². The summed E-state index contributed by atoms with van der Waals surface area (Å²) in [4.78, 5) is 0. The highest BCUT2D eigenvalue weighted by Crippen LogP contribution is 2.16. The molecule has 0 saturated carbocycles. The van der Waals surface area contributed by atoms with Crippen LogP contribution in [-0.4, -0.2) is 16.6 Å². The first-order chi connectivity index (χ1) is 8.91. The predicted molar refractivity (Wildman–Crippen MR) is 91.9 cm³/mol.